The summed E-state index contributed by atoms with van der Waals surface area (Å²) in [5, 5.41) is 3.56. The van der Waals surface area contributed by atoms with E-state index in [0.29, 0.717) is 17.0 Å². The lowest BCUT2D eigenvalue weighted by Gasteiger charge is -2.17. The molecule has 174 valence electrons. The molecule has 1 unspecified atom stereocenters. The van der Waals surface area contributed by atoms with Gasteiger partial charge in [-0.15, -0.1) is 0 Å². The first-order chi connectivity index (χ1) is 15.1. The van der Waals surface area contributed by atoms with Crippen LogP contribution in [0.3, 0.4) is 0 Å². The van der Waals surface area contributed by atoms with Gasteiger partial charge in [-0.2, -0.15) is 29.7 Å². The van der Waals surface area contributed by atoms with Crippen molar-refractivity contribution in [1.82, 2.24) is 4.72 Å². The van der Waals surface area contributed by atoms with Crippen molar-refractivity contribution in [3.8, 4) is 5.75 Å². The van der Waals surface area contributed by atoms with Crippen molar-refractivity contribution >= 4 is 39.5 Å². The minimum atomic E-state index is -4.45. The number of sulfonamides is 1. The van der Waals surface area contributed by atoms with Gasteiger partial charge in [0.15, 0.2) is 6.61 Å². The number of nitrogens with one attached hydrogen (secondary N) is 2. The second-order valence-corrected chi connectivity index (χ2v) is 9.21. The Morgan fingerprint density at radius 2 is 1.78 bits per heavy atom. The van der Waals surface area contributed by atoms with E-state index in [0.717, 1.165) is 5.41 Å². The SMILES string of the molecule is CSCCC(NS(=O)(=O)/C=C/c1ccccc1)C(=O)Nc1ccc(OCC(F)(F)F)cc1. The van der Waals surface area contributed by atoms with Crippen LogP contribution < -0.4 is 14.8 Å². The number of hydrogen-bond acceptors (Lipinski definition) is 5. The molecule has 0 radical (unpaired) electrons. The molecular formula is C21H23F3N2O4S2. The fraction of sp³-hybridized carbons (Fsp3) is 0.286. The number of anilines is 1. The Bertz CT molecular complexity index is 996. The van der Waals surface area contributed by atoms with Crippen molar-refractivity contribution < 1.29 is 31.1 Å². The smallest absolute Gasteiger partial charge is 0.422 e. The Morgan fingerprint density at radius 1 is 1.12 bits per heavy atom. The Labute approximate surface area is 189 Å². The first-order valence-corrected chi connectivity index (χ1v) is 12.4. The zero-order valence-electron chi connectivity index (χ0n) is 17.1. The first kappa shape index (κ1) is 25.8. The predicted molar refractivity (Wildman–Crippen MR) is 121 cm³/mol. The Morgan fingerprint density at radius 3 is 2.38 bits per heavy atom. The molecule has 0 aliphatic rings. The summed E-state index contributed by atoms with van der Waals surface area (Å²) in [6.07, 6.45) is -0.953. The highest BCUT2D eigenvalue weighted by atomic mass is 32.2. The summed E-state index contributed by atoms with van der Waals surface area (Å²) in [4.78, 5) is 12.7. The molecule has 2 N–H and O–H groups in total. The van der Waals surface area contributed by atoms with Crippen LogP contribution in [0.4, 0.5) is 18.9 Å². The van der Waals surface area contributed by atoms with Gasteiger partial charge < -0.3 is 10.1 Å². The van der Waals surface area contributed by atoms with Crippen LogP contribution in [0, 0.1) is 0 Å². The van der Waals surface area contributed by atoms with Crippen molar-refractivity contribution in [2.75, 3.05) is 23.9 Å². The highest BCUT2D eigenvalue weighted by Gasteiger charge is 2.28. The van der Waals surface area contributed by atoms with Crippen LogP contribution in [0.5, 0.6) is 5.75 Å². The summed E-state index contributed by atoms with van der Waals surface area (Å²) in [6, 6.07) is 13.1. The molecule has 0 saturated carbocycles. The molecule has 0 spiro atoms. The van der Waals surface area contributed by atoms with Crippen LogP contribution in [0.2, 0.25) is 0 Å². The average molecular weight is 489 g/mol. The Hall–Kier alpha value is -2.50. The molecule has 1 atom stereocenters. The number of rotatable bonds is 11. The zero-order valence-corrected chi connectivity index (χ0v) is 18.8. The van der Waals surface area contributed by atoms with Gasteiger partial charge in [0.05, 0.1) is 0 Å². The largest absolute Gasteiger partial charge is 0.484 e. The van der Waals surface area contributed by atoms with E-state index >= 15 is 0 Å². The van der Waals surface area contributed by atoms with Crippen LogP contribution in [0.25, 0.3) is 6.08 Å². The monoisotopic (exact) mass is 488 g/mol. The molecule has 32 heavy (non-hydrogen) atoms. The number of hydrogen-bond donors (Lipinski definition) is 2. The fourth-order valence-electron chi connectivity index (χ4n) is 2.48. The minimum Gasteiger partial charge on any atom is -0.484 e. The second kappa shape index (κ2) is 11.9. The molecule has 0 bridgehead atoms. The zero-order chi connectivity index (χ0) is 23.6. The lowest BCUT2D eigenvalue weighted by atomic mass is 10.2. The van der Waals surface area contributed by atoms with E-state index in [2.05, 4.69) is 14.8 Å². The Kier molecular flexibility index (Phi) is 9.60. The molecule has 2 rings (SSSR count). The molecule has 1 amide bonds. The van der Waals surface area contributed by atoms with E-state index in [4.69, 9.17) is 0 Å². The third-order valence-electron chi connectivity index (χ3n) is 4.00. The molecule has 0 aromatic heterocycles. The number of alkyl halides is 3. The summed E-state index contributed by atoms with van der Waals surface area (Å²) in [6.45, 7) is -1.42. The molecule has 2 aromatic carbocycles. The molecule has 0 fully saturated rings. The first-order valence-electron chi connectivity index (χ1n) is 9.43. The third kappa shape index (κ3) is 9.75. The topological polar surface area (TPSA) is 84.5 Å². The normalized spacial score (nSPS) is 13.1. The average Bonchev–Trinajstić information content (AvgIpc) is 2.75. The number of halogens is 3. The number of ether oxygens (including phenoxy) is 1. The van der Waals surface area contributed by atoms with Gasteiger partial charge in [0.25, 0.3) is 0 Å². The molecule has 0 saturated heterocycles. The predicted octanol–water partition coefficient (Wildman–Crippen LogP) is 4.28. The standard InChI is InChI=1S/C21H23F3N2O4S2/c1-31-13-11-19(26-32(28,29)14-12-16-5-3-2-4-6-16)20(27)25-17-7-9-18(10-8-17)30-15-21(22,23)24/h2-10,12,14,19,26H,11,13,15H2,1H3,(H,25,27)/b14-12+. The summed E-state index contributed by atoms with van der Waals surface area (Å²) >= 11 is 1.46. The molecule has 0 aliphatic carbocycles. The number of carbonyl (C=O) groups is 1. The van der Waals surface area contributed by atoms with E-state index in [1.807, 2.05) is 12.3 Å². The molecule has 6 nitrogen and oxygen atoms in total. The van der Waals surface area contributed by atoms with Crippen LogP contribution in [-0.2, 0) is 14.8 Å². The van der Waals surface area contributed by atoms with Gasteiger partial charge in [0.2, 0.25) is 15.9 Å². The van der Waals surface area contributed by atoms with Crippen LogP contribution in [-0.4, -0.2) is 45.2 Å². The van der Waals surface area contributed by atoms with E-state index in [-0.39, 0.29) is 12.2 Å². The van der Waals surface area contributed by atoms with Crippen LogP contribution in [0.15, 0.2) is 60.0 Å². The second-order valence-electron chi connectivity index (χ2n) is 6.63. The highest BCUT2D eigenvalue weighted by molar-refractivity contribution is 7.98. The van der Waals surface area contributed by atoms with E-state index in [1.54, 1.807) is 24.3 Å². The van der Waals surface area contributed by atoms with Gasteiger partial charge in [-0.3, -0.25) is 4.79 Å². The van der Waals surface area contributed by atoms with E-state index < -0.39 is 34.8 Å². The van der Waals surface area contributed by atoms with Crippen LogP contribution >= 0.6 is 11.8 Å². The molecule has 2 aromatic rings. The van der Waals surface area contributed by atoms with Gasteiger partial charge in [-0.05, 0) is 54.3 Å². The molecule has 0 heterocycles. The van der Waals surface area contributed by atoms with Crippen molar-refractivity contribution in [2.45, 2.75) is 18.6 Å². The lowest BCUT2D eigenvalue weighted by molar-refractivity contribution is -0.153. The number of carbonyl (C=O) groups excluding carboxylic acids is 1. The third-order valence-corrected chi connectivity index (χ3v) is 5.75. The summed E-state index contributed by atoms with van der Waals surface area (Å²) in [5.41, 5.74) is 0.985. The summed E-state index contributed by atoms with van der Waals surface area (Å²) < 4.78 is 68.6. The van der Waals surface area contributed by atoms with Crippen molar-refractivity contribution in [3.63, 3.8) is 0 Å². The minimum absolute atomic E-state index is 0.00833. The highest BCUT2D eigenvalue weighted by Crippen LogP contribution is 2.20. The van der Waals surface area contributed by atoms with Crippen molar-refractivity contribution in [2.24, 2.45) is 0 Å². The van der Waals surface area contributed by atoms with Gasteiger partial charge in [-0.25, -0.2) is 8.42 Å². The quantitative estimate of drug-likeness (QED) is 0.493. The Balaban J connectivity index is 2.03. The number of benzene rings is 2. The van der Waals surface area contributed by atoms with E-state index in [1.165, 1.54) is 42.1 Å². The van der Waals surface area contributed by atoms with Crippen LogP contribution in [0.1, 0.15) is 12.0 Å². The summed E-state index contributed by atoms with van der Waals surface area (Å²) in [5.74, 6) is -0.0570. The van der Waals surface area contributed by atoms with Gasteiger partial charge in [0, 0.05) is 11.1 Å². The van der Waals surface area contributed by atoms with Gasteiger partial charge in [0.1, 0.15) is 11.8 Å². The van der Waals surface area contributed by atoms with Gasteiger partial charge in [-0.1, -0.05) is 30.3 Å². The lowest BCUT2D eigenvalue weighted by Crippen LogP contribution is -2.43. The summed E-state index contributed by atoms with van der Waals surface area (Å²) in [7, 11) is -3.90. The maximum absolute atomic E-state index is 12.7. The maximum atomic E-state index is 12.7. The fourth-order valence-corrected chi connectivity index (χ4v) is 3.99. The maximum Gasteiger partial charge on any atom is 0.422 e. The number of thioether (sulfide) groups is 1. The number of amides is 1. The van der Waals surface area contributed by atoms with Crippen molar-refractivity contribution in [1.29, 1.82) is 0 Å². The van der Waals surface area contributed by atoms with Gasteiger partial charge >= 0.3 is 6.18 Å². The van der Waals surface area contributed by atoms with Crippen molar-refractivity contribution in [3.05, 3.63) is 65.6 Å². The van der Waals surface area contributed by atoms with E-state index in [9.17, 15) is 26.4 Å². The molecule has 0 aliphatic heterocycles. The molecular weight excluding hydrogens is 465 g/mol. The molecule has 11 heteroatoms.